The summed E-state index contributed by atoms with van der Waals surface area (Å²) >= 11 is 1.53. The minimum atomic E-state index is 0.340. The number of hydrogen-bond donors (Lipinski definition) is 1. The monoisotopic (exact) mass is 276 g/mol. The third-order valence-electron chi connectivity index (χ3n) is 3.42. The molecule has 0 saturated heterocycles. The number of nitrogens with one attached hydrogen (secondary N) is 1. The Morgan fingerprint density at radius 3 is 1.90 bits per heavy atom. The van der Waals surface area contributed by atoms with Crippen molar-refractivity contribution >= 4 is 17.5 Å². The average molecular weight is 276 g/mol. The van der Waals surface area contributed by atoms with Crippen molar-refractivity contribution in [2.45, 2.75) is 0 Å². The summed E-state index contributed by atoms with van der Waals surface area (Å²) in [5.41, 5.74) is 2.71. The van der Waals surface area contributed by atoms with Crippen molar-refractivity contribution < 1.29 is 0 Å². The maximum Gasteiger partial charge on any atom is 0.102 e. The van der Waals surface area contributed by atoms with Gasteiger partial charge < -0.3 is 0 Å². The molecule has 2 fully saturated rings. The van der Waals surface area contributed by atoms with Gasteiger partial charge in [-0.3, -0.25) is 5.41 Å². The van der Waals surface area contributed by atoms with Gasteiger partial charge in [0.1, 0.15) is 6.07 Å². The van der Waals surface area contributed by atoms with E-state index in [9.17, 15) is 5.26 Å². The van der Waals surface area contributed by atoms with Gasteiger partial charge >= 0.3 is 0 Å². The summed E-state index contributed by atoms with van der Waals surface area (Å²) in [6, 6.07) is 2.21. The third-order valence-corrected chi connectivity index (χ3v) is 4.24. The van der Waals surface area contributed by atoms with Crippen LogP contribution in [0.3, 0.4) is 0 Å². The van der Waals surface area contributed by atoms with Gasteiger partial charge in [0.05, 0.1) is 11.3 Å². The molecule has 3 heteroatoms. The minimum Gasteiger partial charge on any atom is -0.298 e. The van der Waals surface area contributed by atoms with Gasteiger partial charge in [-0.05, 0) is 68.8 Å². The maximum atomic E-state index is 9.45. The quantitative estimate of drug-likeness (QED) is 0.860. The molecule has 10 radical (unpaired) electrons. The first-order valence-electron chi connectivity index (χ1n) is 6.24. The van der Waals surface area contributed by atoms with Crippen LogP contribution in [0, 0.1) is 79.9 Å². The number of nitrogens with zero attached hydrogens (tertiary/aromatic N) is 1. The van der Waals surface area contributed by atoms with Gasteiger partial charge in [0.25, 0.3) is 0 Å². The summed E-state index contributed by atoms with van der Waals surface area (Å²) in [4.78, 5) is 0.879. The highest BCUT2D eigenvalue weighted by molar-refractivity contribution is 8.03. The molecule has 3 rings (SSSR count). The van der Waals surface area contributed by atoms with Gasteiger partial charge in [-0.1, -0.05) is 0 Å². The van der Waals surface area contributed by atoms with Gasteiger partial charge in [0.15, 0.2) is 0 Å². The zero-order chi connectivity index (χ0) is 14.1. The maximum absolute atomic E-state index is 9.45. The Morgan fingerprint density at radius 2 is 1.45 bits per heavy atom. The van der Waals surface area contributed by atoms with Crippen molar-refractivity contribution in [3.8, 4) is 6.07 Å². The van der Waals surface area contributed by atoms with Crippen LogP contribution in [-0.2, 0) is 0 Å². The minimum absolute atomic E-state index is 0.340. The predicted octanol–water partition coefficient (Wildman–Crippen LogP) is 3.27. The van der Waals surface area contributed by atoms with Crippen molar-refractivity contribution in [2.24, 2.45) is 0 Å². The molecule has 0 aromatic rings. The van der Waals surface area contributed by atoms with E-state index in [1.165, 1.54) is 11.8 Å². The van der Waals surface area contributed by atoms with Crippen molar-refractivity contribution in [1.29, 1.82) is 10.7 Å². The molecule has 0 aromatic carbocycles. The molecule has 1 N–H and O–H groups in total. The Bertz CT molecular complexity index is 524. The number of thioether (sulfide) groups is 1. The fourth-order valence-corrected chi connectivity index (χ4v) is 3.29. The zero-order valence-electron chi connectivity index (χ0n) is 11.0. The zero-order valence-corrected chi connectivity index (χ0v) is 11.8. The predicted molar refractivity (Wildman–Crippen MR) is 81.8 cm³/mol. The molecule has 3 aliphatic rings. The van der Waals surface area contributed by atoms with Gasteiger partial charge in [0.2, 0.25) is 0 Å². The smallest absolute Gasteiger partial charge is 0.102 e. The summed E-state index contributed by atoms with van der Waals surface area (Å²) < 4.78 is 0. The summed E-state index contributed by atoms with van der Waals surface area (Å²) in [5.74, 6) is 2.08. The molecule has 0 bridgehead atoms. The first-order valence-corrected chi connectivity index (χ1v) is 7.47. The molecule has 0 heterocycles. The lowest BCUT2D eigenvalue weighted by atomic mass is 9.84. The van der Waals surface area contributed by atoms with E-state index < -0.39 is 0 Å². The molecular weight excluding hydrogens is 264 g/mol. The SMILES string of the molecule is CSC1=C([C]2[CH][CH][CH][CH]2)C([C]2[CH][CH][CH][CH]2)=C(C#N)C1=N. The van der Waals surface area contributed by atoms with Crippen molar-refractivity contribution in [2.75, 3.05) is 6.26 Å². The molecule has 0 atom stereocenters. The van der Waals surface area contributed by atoms with Crippen molar-refractivity contribution in [3.05, 3.63) is 84.8 Å². The van der Waals surface area contributed by atoms with E-state index in [4.69, 9.17) is 5.41 Å². The lowest BCUT2D eigenvalue weighted by Gasteiger charge is -2.19. The van der Waals surface area contributed by atoms with Gasteiger partial charge in [-0.15, -0.1) is 11.8 Å². The highest BCUT2D eigenvalue weighted by Crippen LogP contribution is 2.50. The molecule has 20 heavy (non-hydrogen) atoms. The normalized spacial score (nSPS) is 25.1. The van der Waals surface area contributed by atoms with Crippen LogP contribution in [0.2, 0.25) is 0 Å². The van der Waals surface area contributed by atoms with E-state index in [1.54, 1.807) is 0 Å². The lowest BCUT2D eigenvalue weighted by Crippen LogP contribution is -2.07. The van der Waals surface area contributed by atoms with E-state index in [0.29, 0.717) is 11.3 Å². The first-order chi connectivity index (χ1) is 9.77. The van der Waals surface area contributed by atoms with Crippen LogP contribution < -0.4 is 0 Å². The molecule has 0 spiro atoms. The van der Waals surface area contributed by atoms with E-state index in [0.717, 1.165) is 27.9 Å². The Kier molecular flexibility index (Phi) is 4.03. The molecular formula is C17H12N2S. The molecule has 2 nitrogen and oxygen atoms in total. The summed E-state index contributed by atoms with van der Waals surface area (Å²) in [6.07, 6.45) is 17.9. The van der Waals surface area contributed by atoms with Crippen LogP contribution in [0.15, 0.2) is 21.6 Å². The average Bonchev–Trinajstić information content (AvgIpc) is 3.18. The first kappa shape index (κ1) is 13.9. The molecule has 0 aliphatic heterocycles. The van der Waals surface area contributed by atoms with Gasteiger partial charge in [0, 0.05) is 16.7 Å². The number of nitriles is 1. The topological polar surface area (TPSA) is 47.6 Å². The second-order valence-corrected chi connectivity index (χ2v) is 5.31. The van der Waals surface area contributed by atoms with Crippen molar-refractivity contribution in [3.63, 3.8) is 0 Å². The summed E-state index contributed by atoms with van der Waals surface area (Å²) in [6.45, 7) is 0. The van der Waals surface area contributed by atoms with Gasteiger partial charge in [-0.25, -0.2) is 0 Å². The second kappa shape index (κ2) is 5.77. The summed E-state index contributed by atoms with van der Waals surface area (Å²) in [7, 11) is 0. The highest BCUT2D eigenvalue weighted by atomic mass is 32.2. The number of rotatable bonds is 3. The summed E-state index contributed by atoms with van der Waals surface area (Å²) in [5, 5.41) is 17.7. The van der Waals surface area contributed by atoms with Crippen LogP contribution in [0.25, 0.3) is 0 Å². The molecule has 96 valence electrons. The molecule has 3 aliphatic carbocycles. The Labute approximate surface area is 125 Å². The molecule has 0 unspecified atom stereocenters. The van der Waals surface area contributed by atoms with Crippen LogP contribution in [0.5, 0.6) is 0 Å². The number of hydrogen-bond acceptors (Lipinski definition) is 3. The standard InChI is InChI=1S/C17H12N2S/c1-20-17-15(12-8-4-5-9-12)14(11-6-2-3-7-11)13(10-18)16(17)19/h2-9,19H,1H3. The van der Waals surface area contributed by atoms with E-state index in [-0.39, 0.29) is 0 Å². The van der Waals surface area contributed by atoms with E-state index in [2.05, 4.69) is 6.07 Å². The van der Waals surface area contributed by atoms with Crippen molar-refractivity contribution in [1.82, 2.24) is 0 Å². The van der Waals surface area contributed by atoms with Crippen LogP contribution in [0.1, 0.15) is 0 Å². The molecule has 2 saturated carbocycles. The Morgan fingerprint density at radius 1 is 0.950 bits per heavy atom. The molecule has 0 amide bonds. The van der Waals surface area contributed by atoms with Gasteiger partial charge in [-0.2, -0.15) is 5.26 Å². The molecule has 0 aromatic heterocycles. The lowest BCUT2D eigenvalue weighted by molar-refractivity contribution is 1.18. The van der Waals surface area contributed by atoms with Crippen LogP contribution in [0.4, 0.5) is 0 Å². The Hall–Kier alpha value is -1.01. The van der Waals surface area contributed by atoms with Crippen LogP contribution >= 0.6 is 11.8 Å². The highest BCUT2D eigenvalue weighted by Gasteiger charge is 2.39. The second-order valence-electron chi connectivity index (χ2n) is 4.49. The largest absolute Gasteiger partial charge is 0.298 e. The number of allylic oxidation sites excluding steroid dienone is 4. The fraction of sp³-hybridized carbons (Fsp3) is 0.0588. The van der Waals surface area contributed by atoms with Crippen LogP contribution in [-0.4, -0.2) is 12.0 Å². The van der Waals surface area contributed by atoms with E-state index >= 15 is 0 Å². The fourth-order valence-electron chi connectivity index (χ4n) is 2.56. The Balaban J connectivity index is 2.07. The van der Waals surface area contributed by atoms with E-state index in [1.807, 2.05) is 57.6 Å². The third kappa shape index (κ3) is 2.15.